The van der Waals surface area contributed by atoms with Crippen molar-refractivity contribution in [1.82, 2.24) is 0 Å². The molecular formula is C17H14BrClN2. The molecule has 0 spiro atoms. The third kappa shape index (κ3) is 3.07. The van der Waals surface area contributed by atoms with Crippen LogP contribution in [0.4, 0.5) is 5.69 Å². The van der Waals surface area contributed by atoms with Gasteiger partial charge in [0.05, 0.1) is 22.3 Å². The molecule has 2 aromatic carbocycles. The summed E-state index contributed by atoms with van der Waals surface area (Å²) in [4.78, 5) is 0. The highest BCUT2D eigenvalue weighted by Gasteiger charge is 2.31. The van der Waals surface area contributed by atoms with Gasteiger partial charge in [0.1, 0.15) is 0 Å². The van der Waals surface area contributed by atoms with Crippen LogP contribution in [0.1, 0.15) is 29.9 Å². The molecule has 1 aliphatic rings. The monoisotopic (exact) mass is 360 g/mol. The number of rotatable bonds is 3. The Hall–Kier alpha value is -1.50. The summed E-state index contributed by atoms with van der Waals surface area (Å²) in [6, 6.07) is 16.3. The number of benzene rings is 2. The second-order valence-electron chi connectivity index (χ2n) is 5.34. The van der Waals surface area contributed by atoms with E-state index in [0.29, 0.717) is 22.5 Å². The minimum atomic E-state index is 0.438. The third-order valence-corrected chi connectivity index (χ3v) is 4.98. The number of hydrogen-bond donors (Lipinski definition) is 1. The van der Waals surface area contributed by atoms with E-state index in [-0.39, 0.29) is 0 Å². The van der Waals surface area contributed by atoms with Crippen LogP contribution in [0.5, 0.6) is 0 Å². The Morgan fingerprint density at radius 1 is 1.19 bits per heavy atom. The van der Waals surface area contributed by atoms with Crippen LogP contribution in [0.3, 0.4) is 0 Å². The van der Waals surface area contributed by atoms with E-state index in [9.17, 15) is 0 Å². The minimum absolute atomic E-state index is 0.438. The van der Waals surface area contributed by atoms with E-state index in [1.54, 1.807) is 12.1 Å². The molecule has 0 atom stereocenters. The van der Waals surface area contributed by atoms with Crippen molar-refractivity contribution in [1.29, 1.82) is 5.26 Å². The zero-order valence-electron chi connectivity index (χ0n) is 11.3. The fraction of sp³-hybridized carbons (Fsp3) is 0.235. The van der Waals surface area contributed by atoms with Crippen LogP contribution < -0.4 is 5.32 Å². The molecule has 0 aromatic heterocycles. The van der Waals surface area contributed by atoms with E-state index in [1.165, 1.54) is 10.0 Å². The van der Waals surface area contributed by atoms with Crippen molar-refractivity contribution in [3.63, 3.8) is 0 Å². The Labute approximate surface area is 137 Å². The first-order chi connectivity index (χ1) is 10.2. The van der Waals surface area contributed by atoms with Crippen LogP contribution >= 0.6 is 27.5 Å². The zero-order chi connectivity index (χ0) is 14.8. The van der Waals surface area contributed by atoms with Crippen molar-refractivity contribution in [3.8, 4) is 6.07 Å². The molecule has 1 saturated carbocycles. The molecular weight excluding hydrogens is 348 g/mol. The molecule has 0 unspecified atom stereocenters. The summed E-state index contributed by atoms with van der Waals surface area (Å²) in [5.74, 6) is 0.593. The normalized spacial score (nSPS) is 20.4. The summed E-state index contributed by atoms with van der Waals surface area (Å²) in [6.45, 7) is 0. The molecule has 2 nitrogen and oxygen atoms in total. The lowest BCUT2D eigenvalue weighted by molar-refractivity contribution is 0.373. The lowest BCUT2D eigenvalue weighted by Crippen LogP contribution is -2.34. The summed E-state index contributed by atoms with van der Waals surface area (Å²) in [7, 11) is 0. The highest BCUT2D eigenvalue weighted by molar-refractivity contribution is 9.10. The van der Waals surface area contributed by atoms with Gasteiger partial charge in [-0.2, -0.15) is 5.26 Å². The second-order valence-corrected chi connectivity index (χ2v) is 6.60. The standard InChI is InChI=1S/C17H14BrClN2/c18-15-4-2-1-3-14(15)12-8-13(9-12)21-17-6-5-11(10-20)7-16(17)19/h1-7,12-13,21H,8-9H2. The third-order valence-electron chi connectivity index (χ3n) is 3.94. The Morgan fingerprint density at radius 3 is 2.62 bits per heavy atom. The van der Waals surface area contributed by atoms with Crippen LogP contribution in [0.25, 0.3) is 0 Å². The summed E-state index contributed by atoms with van der Waals surface area (Å²) >= 11 is 9.80. The highest BCUT2D eigenvalue weighted by Crippen LogP contribution is 2.41. The predicted molar refractivity (Wildman–Crippen MR) is 89.7 cm³/mol. The van der Waals surface area contributed by atoms with Crippen LogP contribution in [0.15, 0.2) is 46.9 Å². The summed E-state index contributed by atoms with van der Waals surface area (Å²) < 4.78 is 1.19. The van der Waals surface area contributed by atoms with Gasteiger partial charge in [-0.25, -0.2) is 0 Å². The van der Waals surface area contributed by atoms with Gasteiger partial charge in [0.2, 0.25) is 0 Å². The molecule has 1 N–H and O–H groups in total. The lowest BCUT2D eigenvalue weighted by Gasteiger charge is -2.37. The molecule has 0 radical (unpaired) electrons. The number of nitrogens with one attached hydrogen (secondary N) is 1. The largest absolute Gasteiger partial charge is 0.381 e. The minimum Gasteiger partial charge on any atom is -0.381 e. The lowest BCUT2D eigenvalue weighted by atomic mass is 9.76. The van der Waals surface area contributed by atoms with E-state index >= 15 is 0 Å². The van der Waals surface area contributed by atoms with Crippen LogP contribution in [-0.4, -0.2) is 6.04 Å². The maximum Gasteiger partial charge on any atom is 0.0992 e. The van der Waals surface area contributed by atoms with Gasteiger partial charge in [0.25, 0.3) is 0 Å². The Bertz CT molecular complexity index is 702. The van der Waals surface area contributed by atoms with Crippen molar-refractivity contribution >= 4 is 33.2 Å². The van der Waals surface area contributed by atoms with Gasteiger partial charge in [-0.1, -0.05) is 45.7 Å². The molecule has 21 heavy (non-hydrogen) atoms. The van der Waals surface area contributed by atoms with E-state index in [0.717, 1.165) is 18.5 Å². The Balaban J connectivity index is 1.63. The summed E-state index contributed by atoms with van der Waals surface area (Å²) in [5, 5.41) is 12.9. The first-order valence-corrected chi connectivity index (χ1v) is 8.05. The number of halogens is 2. The maximum absolute atomic E-state index is 8.85. The van der Waals surface area contributed by atoms with E-state index < -0.39 is 0 Å². The first kappa shape index (κ1) is 14.4. The molecule has 4 heteroatoms. The maximum atomic E-state index is 8.85. The predicted octanol–water partition coefficient (Wildman–Crippen LogP) is 5.33. The molecule has 0 aliphatic heterocycles. The second kappa shape index (κ2) is 6.09. The van der Waals surface area contributed by atoms with Crippen LogP contribution in [-0.2, 0) is 0 Å². The number of nitrogens with zero attached hydrogens (tertiary/aromatic N) is 1. The molecule has 2 aromatic rings. The van der Waals surface area contributed by atoms with E-state index in [4.69, 9.17) is 16.9 Å². The molecule has 1 aliphatic carbocycles. The average Bonchev–Trinajstić information content (AvgIpc) is 2.45. The van der Waals surface area contributed by atoms with Crippen molar-refractivity contribution in [2.75, 3.05) is 5.32 Å². The first-order valence-electron chi connectivity index (χ1n) is 6.88. The average molecular weight is 362 g/mol. The van der Waals surface area contributed by atoms with Crippen molar-refractivity contribution in [3.05, 3.63) is 63.1 Å². The molecule has 0 bridgehead atoms. The Kier molecular flexibility index (Phi) is 4.19. The SMILES string of the molecule is N#Cc1ccc(NC2CC(c3ccccc3Br)C2)c(Cl)c1. The molecule has 1 fully saturated rings. The van der Waals surface area contributed by atoms with Crippen molar-refractivity contribution < 1.29 is 0 Å². The molecule has 0 heterocycles. The van der Waals surface area contributed by atoms with Crippen LogP contribution in [0, 0.1) is 11.3 Å². The number of anilines is 1. The van der Waals surface area contributed by atoms with E-state index in [2.05, 4.69) is 45.5 Å². The molecule has 3 rings (SSSR count). The quantitative estimate of drug-likeness (QED) is 0.801. The van der Waals surface area contributed by atoms with Gasteiger partial charge >= 0.3 is 0 Å². The van der Waals surface area contributed by atoms with Gasteiger partial charge in [0, 0.05) is 10.5 Å². The summed E-state index contributed by atoms with van der Waals surface area (Å²) in [6.07, 6.45) is 2.19. The van der Waals surface area contributed by atoms with Gasteiger partial charge in [0.15, 0.2) is 0 Å². The fourth-order valence-electron chi connectivity index (χ4n) is 2.72. The van der Waals surface area contributed by atoms with Crippen molar-refractivity contribution in [2.45, 2.75) is 24.8 Å². The number of hydrogen-bond acceptors (Lipinski definition) is 2. The smallest absolute Gasteiger partial charge is 0.0992 e. The molecule has 0 saturated heterocycles. The Morgan fingerprint density at radius 2 is 1.95 bits per heavy atom. The van der Waals surface area contributed by atoms with Crippen molar-refractivity contribution in [2.24, 2.45) is 0 Å². The topological polar surface area (TPSA) is 35.8 Å². The van der Waals surface area contributed by atoms with Gasteiger partial charge in [-0.3, -0.25) is 0 Å². The van der Waals surface area contributed by atoms with Crippen LogP contribution in [0.2, 0.25) is 5.02 Å². The zero-order valence-corrected chi connectivity index (χ0v) is 13.7. The number of nitriles is 1. The molecule has 106 valence electrons. The highest BCUT2D eigenvalue weighted by atomic mass is 79.9. The van der Waals surface area contributed by atoms with Gasteiger partial charge in [-0.05, 0) is 48.6 Å². The van der Waals surface area contributed by atoms with Gasteiger partial charge in [-0.15, -0.1) is 0 Å². The molecule has 0 amide bonds. The summed E-state index contributed by atoms with van der Waals surface area (Å²) in [5.41, 5.74) is 2.87. The van der Waals surface area contributed by atoms with Gasteiger partial charge < -0.3 is 5.32 Å². The van der Waals surface area contributed by atoms with E-state index in [1.807, 2.05) is 12.1 Å². The fourth-order valence-corrected chi connectivity index (χ4v) is 3.56.